The first-order chi connectivity index (χ1) is 11.6. The van der Waals surface area contributed by atoms with Crippen molar-refractivity contribution in [2.24, 2.45) is 7.05 Å². The van der Waals surface area contributed by atoms with Crippen molar-refractivity contribution in [3.63, 3.8) is 0 Å². The van der Waals surface area contributed by atoms with Crippen molar-refractivity contribution in [3.05, 3.63) is 24.2 Å². The predicted molar refractivity (Wildman–Crippen MR) is 87.5 cm³/mol. The van der Waals surface area contributed by atoms with Gasteiger partial charge >= 0.3 is 0 Å². The van der Waals surface area contributed by atoms with E-state index in [2.05, 4.69) is 41.9 Å². The molecule has 0 bridgehead atoms. The molecule has 1 aliphatic rings. The molecule has 0 amide bonds. The molecule has 0 radical (unpaired) electrons. The van der Waals surface area contributed by atoms with Crippen molar-refractivity contribution in [1.29, 1.82) is 0 Å². The van der Waals surface area contributed by atoms with Crippen LogP contribution >= 0.6 is 0 Å². The molecule has 3 aromatic heterocycles. The molecule has 9 heteroatoms. The van der Waals surface area contributed by atoms with E-state index in [4.69, 9.17) is 4.52 Å². The van der Waals surface area contributed by atoms with E-state index in [0.29, 0.717) is 11.7 Å². The largest absolute Gasteiger partial charge is 0.353 e. The summed E-state index contributed by atoms with van der Waals surface area (Å²) in [5, 5.41) is 9.16. The Labute approximate surface area is 139 Å². The molecule has 0 aliphatic carbocycles. The second-order valence-corrected chi connectivity index (χ2v) is 6.08. The Morgan fingerprint density at radius 3 is 2.67 bits per heavy atom. The monoisotopic (exact) mass is 328 g/mol. The first-order valence-corrected chi connectivity index (χ1v) is 8.05. The number of aryl methyl sites for hydroxylation is 2. The van der Waals surface area contributed by atoms with Crippen LogP contribution in [0.4, 0.5) is 5.82 Å². The molecule has 4 heterocycles. The van der Waals surface area contributed by atoms with Crippen LogP contribution in [0.5, 0.6) is 0 Å². The lowest BCUT2D eigenvalue weighted by atomic mass is 10.2. The highest BCUT2D eigenvalue weighted by Crippen LogP contribution is 2.25. The number of hydrogen-bond acceptors (Lipinski definition) is 8. The lowest BCUT2D eigenvalue weighted by Crippen LogP contribution is -2.47. The summed E-state index contributed by atoms with van der Waals surface area (Å²) in [7, 11) is 1.89. The molecule has 0 spiro atoms. The Morgan fingerprint density at radius 2 is 1.96 bits per heavy atom. The van der Waals surface area contributed by atoms with Gasteiger partial charge in [0.2, 0.25) is 5.89 Å². The summed E-state index contributed by atoms with van der Waals surface area (Å²) in [6, 6.07) is 0.122. The van der Waals surface area contributed by atoms with Crippen molar-refractivity contribution >= 4 is 16.9 Å². The van der Waals surface area contributed by atoms with Gasteiger partial charge in [-0.25, -0.2) is 9.97 Å². The minimum absolute atomic E-state index is 0.122. The van der Waals surface area contributed by atoms with Crippen LogP contribution in [0, 0.1) is 6.92 Å². The zero-order valence-corrected chi connectivity index (χ0v) is 14.0. The molecular weight excluding hydrogens is 308 g/mol. The van der Waals surface area contributed by atoms with Crippen LogP contribution in [0.3, 0.4) is 0 Å². The van der Waals surface area contributed by atoms with Gasteiger partial charge in [-0.05, 0) is 13.8 Å². The standard InChI is InChI=1S/C15H20N8O/c1-10(15-19-11(2)20-24-15)22-4-6-23(7-5-22)14-12-8-18-21(3)13(12)16-9-17-14/h8-10H,4-7H2,1-3H3. The van der Waals surface area contributed by atoms with Crippen LogP contribution in [0.15, 0.2) is 17.0 Å². The molecule has 1 atom stereocenters. The van der Waals surface area contributed by atoms with Gasteiger partial charge < -0.3 is 9.42 Å². The first-order valence-electron chi connectivity index (χ1n) is 8.05. The van der Waals surface area contributed by atoms with Gasteiger partial charge in [0, 0.05) is 33.2 Å². The minimum Gasteiger partial charge on any atom is -0.353 e. The molecule has 0 saturated carbocycles. The van der Waals surface area contributed by atoms with E-state index >= 15 is 0 Å². The van der Waals surface area contributed by atoms with E-state index < -0.39 is 0 Å². The number of hydrogen-bond donors (Lipinski definition) is 0. The molecule has 1 aliphatic heterocycles. The maximum absolute atomic E-state index is 5.30. The average molecular weight is 328 g/mol. The van der Waals surface area contributed by atoms with E-state index in [1.807, 2.05) is 20.2 Å². The summed E-state index contributed by atoms with van der Waals surface area (Å²) in [5.74, 6) is 2.31. The molecule has 0 N–H and O–H groups in total. The predicted octanol–water partition coefficient (Wildman–Crippen LogP) is 0.938. The van der Waals surface area contributed by atoms with Gasteiger partial charge in [0.15, 0.2) is 11.5 Å². The second kappa shape index (κ2) is 5.82. The number of fused-ring (bicyclic) bond motifs is 1. The lowest BCUT2D eigenvalue weighted by molar-refractivity contribution is 0.164. The van der Waals surface area contributed by atoms with E-state index in [1.165, 1.54) is 0 Å². The van der Waals surface area contributed by atoms with Crippen LogP contribution in [-0.2, 0) is 7.05 Å². The molecule has 126 valence electrons. The highest BCUT2D eigenvalue weighted by atomic mass is 16.5. The lowest BCUT2D eigenvalue weighted by Gasteiger charge is -2.37. The topological polar surface area (TPSA) is 89.0 Å². The van der Waals surface area contributed by atoms with E-state index in [9.17, 15) is 0 Å². The average Bonchev–Trinajstić information content (AvgIpc) is 3.21. The summed E-state index contributed by atoms with van der Waals surface area (Å²) >= 11 is 0. The molecule has 4 rings (SSSR count). The third-order valence-corrected chi connectivity index (χ3v) is 4.57. The third kappa shape index (κ3) is 2.50. The molecule has 1 saturated heterocycles. The van der Waals surface area contributed by atoms with Gasteiger partial charge in [0.1, 0.15) is 12.1 Å². The van der Waals surface area contributed by atoms with E-state index in [-0.39, 0.29) is 6.04 Å². The quantitative estimate of drug-likeness (QED) is 0.702. The second-order valence-electron chi connectivity index (χ2n) is 6.08. The number of aromatic nitrogens is 6. The van der Waals surface area contributed by atoms with Crippen LogP contribution in [-0.4, -0.2) is 61.0 Å². The fraction of sp³-hybridized carbons (Fsp3) is 0.533. The molecule has 3 aromatic rings. The molecule has 9 nitrogen and oxygen atoms in total. The Balaban J connectivity index is 1.49. The van der Waals surface area contributed by atoms with Crippen molar-refractivity contribution in [1.82, 2.24) is 34.8 Å². The molecule has 24 heavy (non-hydrogen) atoms. The summed E-state index contributed by atoms with van der Waals surface area (Å²) in [6.07, 6.45) is 3.44. The SMILES string of the molecule is Cc1noc(C(C)N2CCN(c3ncnc4c3cnn4C)CC2)n1. The fourth-order valence-corrected chi connectivity index (χ4v) is 3.16. The van der Waals surface area contributed by atoms with Gasteiger partial charge in [-0.3, -0.25) is 9.58 Å². The third-order valence-electron chi connectivity index (χ3n) is 4.57. The van der Waals surface area contributed by atoms with Gasteiger partial charge in [0.05, 0.1) is 17.6 Å². The Bertz CT molecular complexity index is 848. The fourth-order valence-electron chi connectivity index (χ4n) is 3.16. The summed E-state index contributed by atoms with van der Waals surface area (Å²) in [5.41, 5.74) is 0.858. The van der Waals surface area contributed by atoms with Crippen molar-refractivity contribution < 1.29 is 4.52 Å². The minimum atomic E-state index is 0.122. The maximum atomic E-state index is 5.30. The summed E-state index contributed by atoms with van der Waals surface area (Å²) < 4.78 is 7.08. The van der Waals surface area contributed by atoms with Gasteiger partial charge in [-0.2, -0.15) is 10.1 Å². The zero-order valence-electron chi connectivity index (χ0n) is 14.0. The highest BCUT2D eigenvalue weighted by molar-refractivity contribution is 5.86. The number of anilines is 1. The number of rotatable bonds is 3. The van der Waals surface area contributed by atoms with E-state index in [0.717, 1.165) is 43.0 Å². The zero-order chi connectivity index (χ0) is 16.7. The summed E-state index contributed by atoms with van der Waals surface area (Å²) in [4.78, 5) is 17.8. The number of piperazine rings is 1. The summed E-state index contributed by atoms with van der Waals surface area (Å²) in [6.45, 7) is 7.54. The molecular formula is C15H20N8O. The highest BCUT2D eigenvalue weighted by Gasteiger charge is 2.27. The van der Waals surface area contributed by atoms with Crippen LogP contribution < -0.4 is 4.90 Å². The van der Waals surface area contributed by atoms with Crippen LogP contribution in [0.1, 0.15) is 24.7 Å². The Morgan fingerprint density at radius 1 is 1.17 bits per heavy atom. The van der Waals surface area contributed by atoms with Gasteiger partial charge in [-0.15, -0.1) is 0 Å². The van der Waals surface area contributed by atoms with Gasteiger partial charge in [-0.1, -0.05) is 5.16 Å². The van der Waals surface area contributed by atoms with Crippen molar-refractivity contribution in [2.75, 3.05) is 31.1 Å². The Kier molecular flexibility index (Phi) is 3.64. The maximum Gasteiger partial charge on any atom is 0.243 e. The molecule has 1 fully saturated rings. The van der Waals surface area contributed by atoms with E-state index in [1.54, 1.807) is 11.0 Å². The molecule has 0 aromatic carbocycles. The van der Waals surface area contributed by atoms with Crippen LogP contribution in [0.25, 0.3) is 11.0 Å². The number of nitrogens with zero attached hydrogens (tertiary/aromatic N) is 8. The Hall–Kier alpha value is -2.55. The first kappa shape index (κ1) is 15.0. The van der Waals surface area contributed by atoms with Crippen LogP contribution in [0.2, 0.25) is 0 Å². The smallest absolute Gasteiger partial charge is 0.243 e. The normalized spacial score (nSPS) is 17.5. The van der Waals surface area contributed by atoms with Gasteiger partial charge in [0.25, 0.3) is 0 Å². The molecule has 1 unspecified atom stereocenters. The van der Waals surface area contributed by atoms with Crippen molar-refractivity contribution in [2.45, 2.75) is 19.9 Å². The van der Waals surface area contributed by atoms with Crippen molar-refractivity contribution in [3.8, 4) is 0 Å².